The van der Waals surface area contributed by atoms with Gasteiger partial charge in [0.05, 0.1) is 12.9 Å². The van der Waals surface area contributed by atoms with E-state index in [1.54, 1.807) is 47.6 Å². The Balaban J connectivity index is 1.65. The summed E-state index contributed by atoms with van der Waals surface area (Å²) in [6.07, 6.45) is 2.93. The van der Waals surface area contributed by atoms with Gasteiger partial charge >= 0.3 is 0 Å². The molecule has 1 heterocycles. The molecule has 29 heavy (non-hydrogen) atoms. The summed E-state index contributed by atoms with van der Waals surface area (Å²) in [5.74, 6) is 0.588. The molecule has 0 unspecified atom stereocenters. The predicted molar refractivity (Wildman–Crippen MR) is 113 cm³/mol. The van der Waals surface area contributed by atoms with Crippen LogP contribution in [0.3, 0.4) is 0 Å². The lowest BCUT2D eigenvalue weighted by atomic mass is 10.1. The average Bonchev–Trinajstić information content (AvgIpc) is 2.74. The summed E-state index contributed by atoms with van der Waals surface area (Å²) >= 11 is 0. The molecule has 0 aromatic heterocycles. The van der Waals surface area contributed by atoms with E-state index in [2.05, 4.69) is 0 Å². The quantitative estimate of drug-likeness (QED) is 0.695. The second kappa shape index (κ2) is 9.41. The summed E-state index contributed by atoms with van der Waals surface area (Å²) in [5.41, 5.74) is 2.15. The molecule has 1 saturated heterocycles. The molecule has 0 aliphatic carbocycles. The summed E-state index contributed by atoms with van der Waals surface area (Å²) in [6.45, 7) is 1.63. The zero-order valence-corrected chi connectivity index (χ0v) is 17.8. The molecule has 3 rings (SSSR count). The summed E-state index contributed by atoms with van der Waals surface area (Å²) in [6, 6.07) is 14.4. The lowest BCUT2D eigenvalue weighted by Crippen LogP contribution is -2.36. The Labute approximate surface area is 173 Å². The Kier molecular flexibility index (Phi) is 6.92. The molecule has 2 aromatic rings. The van der Waals surface area contributed by atoms with Crippen molar-refractivity contribution in [1.29, 1.82) is 0 Å². The van der Waals surface area contributed by atoms with Crippen molar-refractivity contribution >= 4 is 15.9 Å². The molecule has 0 radical (unpaired) electrons. The predicted octanol–water partition coefficient (Wildman–Crippen LogP) is 3.28. The van der Waals surface area contributed by atoms with Crippen LogP contribution in [-0.2, 0) is 22.3 Å². The van der Waals surface area contributed by atoms with Crippen LogP contribution in [0.4, 0.5) is 0 Å². The number of carbonyl (C=O) groups is 1. The first-order valence-corrected chi connectivity index (χ1v) is 11.5. The van der Waals surface area contributed by atoms with Gasteiger partial charge in [-0.1, -0.05) is 36.8 Å². The number of benzene rings is 2. The molecule has 7 heteroatoms. The third-order valence-corrected chi connectivity index (χ3v) is 7.06. The second-order valence-electron chi connectivity index (χ2n) is 7.39. The third-order valence-electron chi connectivity index (χ3n) is 5.21. The van der Waals surface area contributed by atoms with E-state index in [4.69, 9.17) is 4.74 Å². The third kappa shape index (κ3) is 5.36. The van der Waals surface area contributed by atoms with E-state index >= 15 is 0 Å². The van der Waals surface area contributed by atoms with E-state index in [1.807, 2.05) is 24.3 Å². The molecule has 0 spiro atoms. The first-order chi connectivity index (χ1) is 13.9. The van der Waals surface area contributed by atoms with Crippen LogP contribution in [0.15, 0.2) is 48.5 Å². The molecule has 1 aliphatic heterocycles. The number of methoxy groups -OCH3 is 1. The summed E-state index contributed by atoms with van der Waals surface area (Å²) in [4.78, 5) is 14.4. The van der Waals surface area contributed by atoms with E-state index < -0.39 is 10.0 Å². The van der Waals surface area contributed by atoms with Crippen molar-refractivity contribution in [2.75, 3.05) is 27.2 Å². The van der Waals surface area contributed by atoms with Crippen molar-refractivity contribution in [3.8, 4) is 5.75 Å². The van der Waals surface area contributed by atoms with Gasteiger partial charge in [-0.15, -0.1) is 0 Å². The monoisotopic (exact) mass is 416 g/mol. The van der Waals surface area contributed by atoms with Crippen LogP contribution in [0.1, 0.15) is 40.7 Å². The summed E-state index contributed by atoms with van der Waals surface area (Å²) in [5, 5.41) is 0. The highest BCUT2D eigenvalue weighted by Crippen LogP contribution is 2.21. The number of hydrogen-bond donors (Lipinski definition) is 0. The maximum absolute atomic E-state index is 12.8. The van der Waals surface area contributed by atoms with Gasteiger partial charge in [-0.05, 0) is 36.6 Å². The molecule has 0 saturated carbocycles. The zero-order valence-electron chi connectivity index (χ0n) is 17.0. The Hall–Kier alpha value is -2.38. The minimum Gasteiger partial charge on any atom is -0.496 e. The van der Waals surface area contributed by atoms with Gasteiger partial charge in [0.2, 0.25) is 10.0 Å². The van der Waals surface area contributed by atoms with Crippen molar-refractivity contribution in [2.24, 2.45) is 0 Å². The average molecular weight is 417 g/mol. The Morgan fingerprint density at radius 1 is 1.03 bits per heavy atom. The lowest BCUT2D eigenvalue weighted by molar-refractivity contribution is 0.0784. The van der Waals surface area contributed by atoms with Crippen molar-refractivity contribution in [3.05, 3.63) is 65.2 Å². The maximum atomic E-state index is 12.8. The van der Waals surface area contributed by atoms with Crippen LogP contribution in [-0.4, -0.2) is 50.8 Å². The first kappa shape index (κ1) is 21.3. The number of nitrogens with zero attached hydrogens (tertiary/aromatic N) is 2. The van der Waals surface area contributed by atoms with Gasteiger partial charge in [0.15, 0.2) is 0 Å². The molecule has 1 fully saturated rings. The molecule has 2 aromatic carbocycles. The number of ether oxygens (including phenoxy) is 1. The molecule has 156 valence electrons. The molecular weight excluding hydrogens is 388 g/mol. The molecule has 0 atom stereocenters. The van der Waals surface area contributed by atoms with Crippen LogP contribution in [0.2, 0.25) is 0 Å². The maximum Gasteiger partial charge on any atom is 0.253 e. The van der Waals surface area contributed by atoms with Gasteiger partial charge in [-0.25, -0.2) is 12.7 Å². The Bertz CT molecular complexity index is 936. The number of rotatable bonds is 7. The van der Waals surface area contributed by atoms with Gasteiger partial charge < -0.3 is 9.64 Å². The smallest absolute Gasteiger partial charge is 0.253 e. The molecule has 1 aliphatic rings. The Morgan fingerprint density at radius 3 is 2.34 bits per heavy atom. The number of sulfonamides is 1. The molecule has 0 N–H and O–H groups in total. The van der Waals surface area contributed by atoms with E-state index in [9.17, 15) is 13.2 Å². The Morgan fingerprint density at radius 2 is 1.69 bits per heavy atom. The van der Waals surface area contributed by atoms with Crippen molar-refractivity contribution in [2.45, 2.75) is 31.6 Å². The van der Waals surface area contributed by atoms with E-state index in [1.165, 1.54) is 0 Å². The number of amides is 1. The van der Waals surface area contributed by atoms with Gasteiger partial charge in [0.25, 0.3) is 5.91 Å². The van der Waals surface area contributed by atoms with Crippen molar-refractivity contribution < 1.29 is 17.9 Å². The standard InChI is InChI=1S/C22H28N2O4S/c1-23(16-20-8-4-5-9-21(20)28-2)22(25)19-12-10-18(11-13-19)17-29(26,27)24-14-6-3-7-15-24/h4-5,8-13H,3,6-7,14-17H2,1-2H3. The van der Waals surface area contributed by atoms with Crippen LogP contribution in [0.5, 0.6) is 5.75 Å². The van der Waals surface area contributed by atoms with Crippen molar-refractivity contribution in [1.82, 2.24) is 9.21 Å². The molecule has 0 bridgehead atoms. The number of piperidine rings is 1. The number of hydrogen-bond acceptors (Lipinski definition) is 4. The van der Waals surface area contributed by atoms with Gasteiger partial charge in [-0.3, -0.25) is 4.79 Å². The highest BCUT2D eigenvalue weighted by Gasteiger charge is 2.24. The van der Waals surface area contributed by atoms with E-state index in [-0.39, 0.29) is 11.7 Å². The number of carbonyl (C=O) groups excluding carboxylic acids is 1. The van der Waals surface area contributed by atoms with Gasteiger partial charge in [0.1, 0.15) is 5.75 Å². The topological polar surface area (TPSA) is 66.9 Å². The normalized spacial score (nSPS) is 15.1. The largest absolute Gasteiger partial charge is 0.496 e. The SMILES string of the molecule is COc1ccccc1CN(C)C(=O)c1ccc(CS(=O)(=O)N2CCCCC2)cc1. The van der Waals surface area contributed by atoms with Crippen LogP contribution in [0, 0.1) is 0 Å². The fraction of sp³-hybridized carbons (Fsp3) is 0.409. The summed E-state index contributed by atoms with van der Waals surface area (Å²) < 4.78 is 32.1. The van der Waals surface area contributed by atoms with E-state index in [0.29, 0.717) is 30.8 Å². The van der Waals surface area contributed by atoms with Crippen LogP contribution >= 0.6 is 0 Å². The molecular formula is C22H28N2O4S. The lowest BCUT2D eigenvalue weighted by Gasteiger charge is -2.25. The highest BCUT2D eigenvalue weighted by molar-refractivity contribution is 7.88. The fourth-order valence-corrected chi connectivity index (χ4v) is 5.18. The van der Waals surface area contributed by atoms with Gasteiger partial charge in [0, 0.05) is 37.8 Å². The van der Waals surface area contributed by atoms with Crippen molar-refractivity contribution in [3.63, 3.8) is 0 Å². The highest BCUT2D eigenvalue weighted by atomic mass is 32.2. The molecule has 6 nitrogen and oxygen atoms in total. The molecule has 1 amide bonds. The fourth-order valence-electron chi connectivity index (χ4n) is 3.57. The number of para-hydroxylation sites is 1. The zero-order chi connectivity index (χ0) is 20.9. The van der Waals surface area contributed by atoms with Gasteiger partial charge in [-0.2, -0.15) is 0 Å². The van der Waals surface area contributed by atoms with Crippen LogP contribution < -0.4 is 4.74 Å². The van der Waals surface area contributed by atoms with E-state index in [0.717, 1.165) is 30.6 Å². The first-order valence-electron chi connectivity index (χ1n) is 9.85. The minimum atomic E-state index is -3.31. The second-order valence-corrected chi connectivity index (χ2v) is 9.35. The van der Waals surface area contributed by atoms with Crippen LogP contribution in [0.25, 0.3) is 0 Å². The minimum absolute atomic E-state index is 0.0292. The summed E-state index contributed by atoms with van der Waals surface area (Å²) in [7, 11) is 0.0379.